The molecule has 2 N–H and O–H groups in total. The molecule has 0 aliphatic heterocycles. The minimum absolute atomic E-state index is 0.117. The second-order valence-corrected chi connectivity index (χ2v) is 5.19. The van der Waals surface area contributed by atoms with Crippen LogP contribution in [0.15, 0.2) is 23.0 Å². The molecule has 0 aliphatic rings. The molecule has 1 amide bonds. The van der Waals surface area contributed by atoms with Gasteiger partial charge < -0.3 is 10.3 Å². The van der Waals surface area contributed by atoms with Crippen LogP contribution in [-0.2, 0) is 6.18 Å². The molecule has 0 radical (unpaired) electrons. The Morgan fingerprint density at radius 2 is 1.96 bits per heavy atom. The van der Waals surface area contributed by atoms with Crippen LogP contribution in [0.2, 0.25) is 5.02 Å². The highest BCUT2D eigenvalue weighted by molar-refractivity contribution is 6.30. The lowest BCUT2D eigenvalue weighted by Gasteiger charge is -2.14. The molecule has 1 heterocycles. The van der Waals surface area contributed by atoms with Crippen molar-refractivity contribution in [2.24, 2.45) is 0 Å². The molecule has 0 saturated carbocycles. The Morgan fingerprint density at radius 3 is 2.52 bits per heavy atom. The van der Waals surface area contributed by atoms with E-state index in [0.717, 1.165) is 6.07 Å². The number of nitrogens with zero attached hydrogens (tertiary/aromatic N) is 1. The van der Waals surface area contributed by atoms with Crippen LogP contribution in [0.25, 0.3) is 0 Å². The van der Waals surface area contributed by atoms with Gasteiger partial charge in [0, 0.05) is 5.02 Å². The molecule has 0 bridgehead atoms. The highest BCUT2D eigenvalue weighted by Crippen LogP contribution is 2.36. The highest BCUT2D eigenvalue weighted by Gasteiger charge is 2.34. The number of benzene rings is 1. The number of aromatic amines is 1. The number of nitrogens with one attached hydrogen (secondary N) is 2. The van der Waals surface area contributed by atoms with Crippen LogP contribution in [-0.4, -0.2) is 15.9 Å². The third-order valence-corrected chi connectivity index (χ3v) is 3.22. The van der Waals surface area contributed by atoms with Gasteiger partial charge in [-0.25, -0.2) is 4.98 Å². The summed E-state index contributed by atoms with van der Waals surface area (Å²) >= 11 is 5.57. The summed E-state index contributed by atoms with van der Waals surface area (Å²) in [5.41, 5.74) is -2.56. The second-order valence-electron chi connectivity index (χ2n) is 4.75. The number of hydrogen-bond donors (Lipinski definition) is 2. The van der Waals surface area contributed by atoms with E-state index >= 15 is 0 Å². The number of aryl methyl sites for hydroxylation is 2. The van der Waals surface area contributed by atoms with E-state index in [1.54, 1.807) is 0 Å². The lowest BCUT2D eigenvalue weighted by atomic mass is 10.1. The molecule has 23 heavy (non-hydrogen) atoms. The first-order chi connectivity index (χ1) is 10.6. The van der Waals surface area contributed by atoms with Crippen molar-refractivity contribution in [3.63, 3.8) is 0 Å². The number of alkyl halides is 3. The summed E-state index contributed by atoms with van der Waals surface area (Å²) in [5, 5.41) is 1.96. The number of carbonyl (C=O) groups excluding carboxylic acids is 1. The third kappa shape index (κ3) is 3.70. The molecule has 0 aliphatic carbocycles. The summed E-state index contributed by atoms with van der Waals surface area (Å²) in [6.07, 6.45) is -4.71. The van der Waals surface area contributed by atoms with E-state index < -0.39 is 28.9 Å². The van der Waals surface area contributed by atoms with E-state index in [4.69, 9.17) is 11.6 Å². The number of carbonyl (C=O) groups is 1. The maximum Gasteiger partial charge on any atom is 0.418 e. The van der Waals surface area contributed by atoms with Gasteiger partial charge in [-0.3, -0.25) is 9.59 Å². The van der Waals surface area contributed by atoms with Gasteiger partial charge in [0.2, 0.25) is 0 Å². The zero-order valence-corrected chi connectivity index (χ0v) is 12.8. The lowest BCUT2D eigenvalue weighted by molar-refractivity contribution is -0.136. The van der Waals surface area contributed by atoms with E-state index in [0.29, 0.717) is 11.9 Å². The molecule has 5 nitrogen and oxygen atoms in total. The fourth-order valence-electron chi connectivity index (χ4n) is 2.04. The highest BCUT2D eigenvalue weighted by atomic mass is 35.5. The fraction of sp³-hybridized carbons (Fsp3) is 0.214. The summed E-state index contributed by atoms with van der Waals surface area (Å²) in [7, 11) is 0. The number of aromatic nitrogens is 2. The molecule has 1 aromatic carbocycles. The van der Waals surface area contributed by atoms with E-state index in [2.05, 4.69) is 15.3 Å². The van der Waals surface area contributed by atoms with E-state index in [-0.39, 0.29) is 16.3 Å². The molecule has 2 rings (SSSR count). The van der Waals surface area contributed by atoms with Crippen LogP contribution in [0.4, 0.5) is 18.9 Å². The van der Waals surface area contributed by atoms with Crippen LogP contribution >= 0.6 is 11.6 Å². The van der Waals surface area contributed by atoms with Gasteiger partial charge in [0.25, 0.3) is 11.5 Å². The third-order valence-electron chi connectivity index (χ3n) is 2.98. The first kappa shape index (κ1) is 17.0. The number of rotatable bonds is 2. The average molecular weight is 346 g/mol. The van der Waals surface area contributed by atoms with Gasteiger partial charge in [-0.2, -0.15) is 13.2 Å². The summed E-state index contributed by atoms with van der Waals surface area (Å²) in [4.78, 5) is 30.2. The lowest BCUT2D eigenvalue weighted by Crippen LogP contribution is -2.27. The molecular weight excluding hydrogens is 335 g/mol. The van der Waals surface area contributed by atoms with Crippen molar-refractivity contribution in [3.8, 4) is 0 Å². The van der Waals surface area contributed by atoms with Gasteiger partial charge in [0.15, 0.2) is 0 Å². The number of anilines is 1. The van der Waals surface area contributed by atoms with Crippen LogP contribution < -0.4 is 10.9 Å². The standard InChI is InChI=1S/C14H11ClF3N3O2/c1-6-11(12(22)20-7(2)19-6)13(23)21-10-4-3-8(15)5-9(10)14(16,17)18/h3-5H,1-2H3,(H,21,23)(H,19,20,22). The second kappa shape index (κ2) is 6.04. The smallest absolute Gasteiger partial charge is 0.321 e. The molecule has 2 aromatic rings. The van der Waals surface area contributed by atoms with E-state index in [9.17, 15) is 22.8 Å². The van der Waals surface area contributed by atoms with E-state index in [1.807, 2.05) is 0 Å². The van der Waals surface area contributed by atoms with Crippen molar-refractivity contribution in [2.75, 3.05) is 5.32 Å². The fourth-order valence-corrected chi connectivity index (χ4v) is 2.21. The Balaban J connectivity index is 2.45. The van der Waals surface area contributed by atoms with Gasteiger partial charge in [0.1, 0.15) is 11.4 Å². The Hall–Kier alpha value is -2.35. The number of amides is 1. The van der Waals surface area contributed by atoms with Gasteiger partial charge in [-0.05, 0) is 32.0 Å². The average Bonchev–Trinajstić information content (AvgIpc) is 2.38. The molecule has 1 aromatic heterocycles. The molecule has 0 saturated heterocycles. The first-order valence-corrected chi connectivity index (χ1v) is 6.73. The van der Waals surface area contributed by atoms with Crippen LogP contribution in [0, 0.1) is 13.8 Å². The molecule has 0 atom stereocenters. The van der Waals surface area contributed by atoms with Gasteiger partial charge in [0.05, 0.1) is 16.9 Å². The van der Waals surface area contributed by atoms with Gasteiger partial charge in [-0.15, -0.1) is 0 Å². The van der Waals surface area contributed by atoms with Crippen molar-refractivity contribution in [2.45, 2.75) is 20.0 Å². The molecule has 0 spiro atoms. The predicted molar refractivity (Wildman–Crippen MR) is 78.7 cm³/mol. The van der Waals surface area contributed by atoms with E-state index in [1.165, 1.54) is 19.9 Å². The molecule has 122 valence electrons. The Kier molecular flexibility index (Phi) is 4.46. The summed E-state index contributed by atoms with van der Waals surface area (Å²) in [6, 6.07) is 2.92. The summed E-state index contributed by atoms with van der Waals surface area (Å²) in [5.74, 6) is -0.685. The topological polar surface area (TPSA) is 74.8 Å². The summed E-state index contributed by atoms with van der Waals surface area (Å²) in [6.45, 7) is 2.95. The zero-order chi connectivity index (χ0) is 17.4. The van der Waals surface area contributed by atoms with Crippen molar-refractivity contribution < 1.29 is 18.0 Å². The van der Waals surface area contributed by atoms with Crippen LogP contribution in [0.3, 0.4) is 0 Å². The molecular formula is C14H11ClF3N3O2. The zero-order valence-electron chi connectivity index (χ0n) is 12.0. The Labute approximate surface area is 133 Å². The van der Waals surface area contributed by atoms with Crippen molar-refractivity contribution in [3.05, 3.63) is 56.2 Å². The first-order valence-electron chi connectivity index (χ1n) is 6.35. The molecule has 0 unspecified atom stereocenters. The number of halogens is 4. The maximum atomic E-state index is 13.0. The quantitative estimate of drug-likeness (QED) is 0.876. The monoisotopic (exact) mass is 345 g/mol. The van der Waals surface area contributed by atoms with Crippen LogP contribution in [0.1, 0.15) is 27.4 Å². The van der Waals surface area contributed by atoms with Crippen molar-refractivity contribution in [1.29, 1.82) is 0 Å². The predicted octanol–water partition coefficient (Wildman–Crippen LogP) is 3.31. The minimum atomic E-state index is -4.71. The molecule has 9 heteroatoms. The largest absolute Gasteiger partial charge is 0.418 e. The van der Waals surface area contributed by atoms with Gasteiger partial charge in [-0.1, -0.05) is 11.6 Å². The van der Waals surface area contributed by atoms with Crippen molar-refractivity contribution in [1.82, 2.24) is 9.97 Å². The van der Waals surface area contributed by atoms with Gasteiger partial charge >= 0.3 is 6.18 Å². The maximum absolute atomic E-state index is 13.0. The minimum Gasteiger partial charge on any atom is -0.321 e. The normalized spacial score (nSPS) is 11.4. The number of H-pyrrole nitrogens is 1. The van der Waals surface area contributed by atoms with Crippen LogP contribution in [0.5, 0.6) is 0 Å². The number of hydrogen-bond acceptors (Lipinski definition) is 3. The Morgan fingerprint density at radius 1 is 1.30 bits per heavy atom. The Bertz CT molecular complexity index is 831. The molecule has 0 fully saturated rings. The SMILES string of the molecule is Cc1nc(C)c(C(=O)Nc2ccc(Cl)cc2C(F)(F)F)c(=O)[nH]1. The summed E-state index contributed by atoms with van der Waals surface area (Å²) < 4.78 is 39.0. The van der Waals surface area contributed by atoms with Crippen molar-refractivity contribution >= 4 is 23.2 Å².